The molecule has 4 rings (SSSR count). The molecule has 0 radical (unpaired) electrons. The second-order valence-corrected chi connectivity index (χ2v) is 6.15. The van der Waals surface area contributed by atoms with E-state index < -0.39 is 5.69 Å². The Bertz CT molecular complexity index is 1220. The fraction of sp³-hybridized carbons (Fsp3) is 0.0952. The molecular weight excluding hydrogens is 356 g/mol. The molecule has 0 bridgehead atoms. The minimum Gasteiger partial charge on any atom is -0.493 e. The lowest BCUT2D eigenvalue weighted by Gasteiger charge is -2.13. The molecule has 2 aromatic heterocycles. The number of H-pyrrole nitrogens is 1. The number of methoxy groups -OCH3 is 2. The summed E-state index contributed by atoms with van der Waals surface area (Å²) in [6, 6.07) is 17.2. The van der Waals surface area contributed by atoms with Crippen LogP contribution in [0.2, 0.25) is 0 Å². The molecule has 3 N–H and O–H groups in total. The number of aromatic nitrogens is 3. The lowest BCUT2D eigenvalue weighted by Crippen LogP contribution is -2.14. The number of hydrogen-bond donors (Lipinski definition) is 2. The van der Waals surface area contributed by atoms with Crippen LogP contribution in [0, 0.1) is 0 Å². The van der Waals surface area contributed by atoms with Crippen LogP contribution in [0.15, 0.2) is 59.4 Å². The number of aromatic amines is 1. The molecule has 0 amide bonds. The van der Waals surface area contributed by atoms with Crippen molar-refractivity contribution >= 4 is 16.9 Å². The van der Waals surface area contributed by atoms with Gasteiger partial charge in [-0.25, -0.2) is 9.78 Å². The van der Waals surface area contributed by atoms with Gasteiger partial charge in [-0.2, -0.15) is 4.98 Å². The lowest BCUT2D eigenvalue weighted by molar-refractivity contribution is 0.355. The summed E-state index contributed by atoms with van der Waals surface area (Å²) in [6.07, 6.45) is 0. The Hall–Kier alpha value is -3.87. The van der Waals surface area contributed by atoms with E-state index in [2.05, 4.69) is 15.0 Å². The summed E-state index contributed by atoms with van der Waals surface area (Å²) in [5.74, 6) is 1.44. The minimum absolute atomic E-state index is 0.236. The van der Waals surface area contributed by atoms with Gasteiger partial charge in [0, 0.05) is 5.56 Å². The number of fused-ring (bicyclic) bond motifs is 1. The first-order valence-electron chi connectivity index (χ1n) is 8.59. The van der Waals surface area contributed by atoms with E-state index in [1.165, 1.54) is 0 Å². The van der Waals surface area contributed by atoms with Crippen molar-refractivity contribution in [2.24, 2.45) is 0 Å². The van der Waals surface area contributed by atoms with Gasteiger partial charge < -0.3 is 15.2 Å². The fourth-order valence-electron chi connectivity index (χ4n) is 3.17. The second-order valence-electron chi connectivity index (χ2n) is 6.15. The van der Waals surface area contributed by atoms with E-state index in [4.69, 9.17) is 15.2 Å². The van der Waals surface area contributed by atoms with Crippen LogP contribution in [0.25, 0.3) is 33.4 Å². The van der Waals surface area contributed by atoms with E-state index >= 15 is 0 Å². The maximum Gasteiger partial charge on any atom is 0.348 e. The molecule has 0 saturated heterocycles. The van der Waals surface area contributed by atoms with Gasteiger partial charge in [0.15, 0.2) is 17.1 Å². The van der Waals surface area contributed by atoms with Gasteiger partial charge in [-0.15, -0.1) is 0 Å². The van der Waals surface area contributed by atoms with Crippen molar-refractivity contribution < 1.29 is 9.47 Å². The predicted octanol–water partition coefficient (Wildman–Crippen LogP) is 3.25. The molecule has 0 unspecified atom stereocenters. The molecule has 7 nitrogen and oxygen atoms in total. The Balaban J connectivity index is 2.02. The van der Waals surface area contributed by atoms with Crippen molar-refractivity contribution in [3.8, 4) is 33.9 Å². The zero-order chi connectivity index (χ0) is 19.7. The van der Waals surface area contributed by atoms with E-state index in [9.17, 15) is 4.79 Å². The largest absolute Gasteiger partial charge is 0.493 e. The average molecular weight is 374 g/mol. The molecule has 28 heavy (non-hydrogen) atoms. The average Bonchev–Trinajstić information content (AvgIpc) is 2.72. The van der Waals surface area contributed by atoms with Gasteiger partial charge >= 0.3 is 5.69 Å². The Morgan fingerprint density at radius 3 is 2.36 bits per heavy atom. The van der Waals surface area contributed by atoms with Crippen LogP contribution in [-0.4, -0.2) is 29.2 Å². The van der Waals surface area contributed by atoms with Gasteiger partial charge in [0.2, 0.25) is 0 Å². The standard InChI is InChI=1S/C21H18N4O3/c1-27-16-9-8-13(10-17(16)28-2)15-11-14(12-6-4-3-5-7-12)18-19(22)24-21(26)25-20(18)23-15/h3-11H,1-2H3,(H3,22,23,24,25,26). The molecule has 140 valence electrons. The normalized spacial score (nSPS) is 10.8. The van der Waals surface area contributed by atoms with Crippen molar-refractivity contribution in [1.82, 2.24) is 15.0 Å². The third kappa shape index (κ3) is 3.03. The van der Waals surface area contributed by atoms with Gasteiger partial charge in [-0.05, 0) is 35.4 Å². The molecule has 0 aliphatic carbocycles. The van der Waals surface area contributed by atoms with Gasteiger partial charge in [-0.3, -0.25) is 4.98 Å². The molecule has 7 heteroatoms. The molecule has 2 heterocycles. The van der Waals surface area contributed by atoms with Crippen LogP contribution >= 0.6 is 0 Å². The molecule has 0 atom stereocenters. The summed E-state index contributed by atoms with van der Waals surface area (Å²) in [5, 5.41) is 0.607. The number of hydrogen-bond acceptors (Lipinski definition) is 6. The van der Waals surface area contributed by atoms with Crippen molar-refractivity contribution in [3.05, 3.63) is 65.1 Å². The van der Waals surface area contributed by atoms with Crippen LogP contribution in [0.1, 0.15) is 0 Å². The van der Waals surface area contributed by atoms with Crippen molar-refractivity contribution in [1.29, 1.82) is 0 Å². The number of benzene rings is 2. The smallest absolute Gasteiger partial charge is 0.348 e. The third-order valence-electron chi connectivity index (χ3n) is 4.48. The SMILES string of the molecule is COc1ccc(-c2cc(-c3ccccc3)c3c(N)[nH]c(=O)nc3n2)cc1OC. The highest BCUT2D eigenvalue weighted by Crippen LogP contribution is 2.36. The predicted molar refractivity (Wildman–Crippen MR) is 109 cm³/mol. The van der Waals surface area contributed by atoms with Crippen LogP contribution in [0.4, 0.5) is 5.82 Å². The van der Waals surface area contributed by atoms with Gasteiger partial charge in [0.1, 0.15) is 5.82 Å². The van der Waals surface area contributed by atoms with E-state index in [0.717, 1.165) is 16.7 Å². The Labute approximate surface area is 160 Å². The van der Waals surface area contributed by atoms with E-state index in [-0.39, 0.29) is 11.5 Å². The Morgan fingerprint density at radius 1 is 0.893 bits per heavy atom. The highest BCUT2D eigenvalue weighted by molar-refractivity contribution is 6.00. The second kappa shape index (κ2) is 7.03. The number of rotatable bonds is 4. The molecule has 0 fully saturated rings. The molecular formula is C21H18N4O3. The maximum absolute atomic E-state index is 11.9. The van der Waals surface area contributed by atoms with E-state index in [1.54, 1.807) is 14.2 Å². The van der Waals surface area contributed by atoms with Crippen molar-refractivity contribution in [2.75, 3.05) is 20.0 Å². The lowest BCUT2D eigenvalue weighted by atomic mass is 9.99. The first kappa shape index (κ1) is 17.5. The summed E-state index contributed by atoms with van der Waals surface area (Å²) >= 11 is 0. The van der Waals surface area contributed by atoms with E-state index in [1.807, 2.05) is 54.6 Å². The quantitative estimate of drug-likeness (QED) is 0.568. The van der Waals surface area contributed by atoms with Crippen molar-refractivity contribution in [2.45, 2.75) is 0 Å². The zero-order valence-corrected chi connectivity index (χ0v) is 15.4. The molecule has 0 saturated carbocycles. The number of nitrogen functional groups attached to an aromatic ring is 1. The van der Waals surface area contributed by atoms with E-state index in [0.29, 0.717) is 22.6 Å². The number of ether oxygens (including phenoxy) is 2. The summed E-state index contributed by atoms with van der Waals surface area (Å²) in [4.78, 5) is 23.0. The summed E-state index contributed by atoms with van der Waals surface area (Å²) in [5.41, 5.74) is 9.06. The Morgan fingerprint density at radius 2 is 1.64 bits per heavy atom. The number of nitrogens with two attached hydrogens (primary N) is 1. The highest BCUT2D eigenvalue weighted by Gasteiger charge is 2.15. The van der Waals surface area contributed by atoms with Crippen LogP contribution in [-0.2, 0) is 0 Å². The van der Waals surface area contributed by atoms with Crippen LogP contribution < -0.4 is 20.9 Å². The van der Waals surface area contributed by atoms with Crippen molar-refractivity contribution in [3.63, 3.8) is 0 Å². The minimum atomic E-state index is -0.541. The van der Waals surface area contributed by atoms with Crippen LogP contribution in [0.3, 0.4) is 0 Å². The third-order valence-corrected chi connectivity index (χ3v) is 4.48. The fourth-order valence-corrected chi connectivity index (χ4v) is 3.17. The molecule has 4 aromatic rings. The number of nitrogens with one attached hydrogen (secondary N) is 1. The first-order chi connectivity index (χ1) is 13.6. The molecule has 0 spiro atoms. The number of anilines is 1. The summed E-state index contributed by atoms with van der Waals surface area (Å²) < 4.78 is 10.7. The summed E-state index contributed by atoms with van der Waals surface area (Å²) in [7, 11) is 3.16. The highest BCUT2D eigenvalue weighted by atomic mass is 16.5. The maximum atomic E-state index is 11.9. The molecule has 0 aliphatic rings. The number of nitrogens with zero attached hydrogens (tertiary/aromatic N) is 2. The molecule has 0 aliphatic heterocycles. The summed E-state index contributed by atoms with van der Waals surface area (Å²) in [6.45, 7) is 0. The molecule has 2 aromatic carbocycles. The first-order valence-corrected chi connectivity index (χ1v) is 8.59. The zero-order valence-electron chi connectivity index (χ0n) is 15.4. The van der Waals surface area contributed by atoms with Gasteiger partial charge in [0.05, 0.1) is 25.3 Å². The topological polar surface area (TPSA) is 103 Å². The van der Waals surface area contributed by atoms with Gasteiger partial charge in [-0.1, -0.05) is 30.3 Å². The van der Waals surface area contributed by atoms with Crippen LogP contribution in [0.5, 0.6) is 11.5 Å². The Kier molecular flexibility index (Phi) is 4.41. The monoisotopic (exact) mass is 374 g/mol. The van der Waals surface area contributed by atoms with Gasteiger partial charge in [0.25, 0.3) is 0 Å². The number of pyridine rings is 1.